The van der Waals surface area contributed by atoms with Gasteiger partial charge in [-0.2, -0.15) is 0 Å². The van der Waals surface area contributed by atoms with E-state index in [0.717, 1.165) is 11.3 Å². The molecule has 2 atom stereocenters. The number of hydrogen-bond acceptors (Lipinski definition) is 5. The van der Waals surface area contributed by atoms with Gasteiger partial charge in [-0.05, 0) is 25.0 Å². The van der Waals surface area contributed by atoms with Gasteiger partial charge in [0, 0.05) is 11.4 Å². The van der Waals surface area contributed by atoms with Gasteiger partial charge in [0.05, 0.1) is 17.5 Å². The highest BCUT2D eigenvalue weighted by Gasteiger charge is 2.30. The number of rotatable bonds is 6. The number of hydrogen-bond donors (Lipinski definition) is 3. The van der Waals surface area contributed by atoms with E-state index in [-0.39, 0.29) is 17.8 Å². The first-order chi connectivity index (χ1) is 10.1. The van der Waals surface area contributed by atoms with Crippen LogP contribution in [0.4, 0.5) is 5.69 Å². The zero-order chi connectivity index (χ0) is 15.2. The van der Waals surface area contributed by atoms with Crippen LogP contribution in [0.2, 0.25) is 0 Å². The number of nitrogens with two attached hydrogens (primary N) is 2. The maximum atomic E-state index is 12.2. The maximum absolute atomic E-state index is 12.2. The minimum absolute atomic E-state index is 0.0415. The second-order valence-corrected chi connectivity index (χ2v) is 5.82. The number of amides is 2. The summed E-state index contributed by atoms with van der Waals surface area (Å²) in [6, 6.07) is 7.29. The summed E-state index contributed by atoms with van der Waals surface area (Å²) in [4.78, 5) is 23.9. The molecule has 2 rings (SSSR count). The van der Waals surface area contributed by atoms with Crippen molar-refractivity contribution in [3.63, 3.8) is 0 Å². The lowest BCUT2D eigenvalue weighted by molar-refractivity contribution is -0.126. The summed E-state index contributed by atoms with van der Waals surface area (Å²) >= 11 is 1.29. The number of anilines is 1. The molecule has 2 unspecified atom stereocenters. The predicted molar refractivity (Wildman–Crippen MR) is 81.9 cm³/mol. The first-order valence-corrected chi connectivity index (χ1v) is 7.75. The van der Waals surface area contributed by atoms with Gasteiger partial charge in [0.25, 0.3) is 5.91 Å². The van der Waals surface area contributed by atoms with Gasteiger partial charge < -0.3 is 21.5 Å². The van der Waals surface area contributed by atoms with E-state index in [4.69, 9.17) is 16.2 Å². The Balaban J connectivity index is 1.99. The van der Waals surface area contributed by atoms with Crippen LogP contribution in [-0.4, -0.2) is 36.3 Å². The van der Waals surface area contributed by atoms with Gasteiger partial charge in [0.15, 0.2) is 0 Å². The lowest BCUT2D eigenvalue weighted by atomic mass is 10.2. The van der Waals surface area contributed by atoms with Crippen LogP contribution in [0, 0.1) is 0 Å². The third-order valence-corrected chi connectivity index (χ3v) is 4.27. The van der Waals surface area contributed by atoms with E-state index < -0.39 is 12.0 Å². The average molecular weight is 309 g/mol. The summed E-state index contributed by atoms with van der Waals surface area (Å²) in [5, 5.41) is 2.84. The van der Waals surface area contributed by atoms with Crippen molar-refractivity contribution in [3.05, 3.63) is 24.3 Å². The van der Waals surface area contributed by atoms with Crippen LogP contribution in [0.15, 0.2) is 29.2 Å². The van der Waals surface area contributed by atoms with Gasteiger partial charge >= 0.3 is 0 Å². The van der Waals surface area contributed by atoms with Gasteiger partial charge in [-0.1, -0.05) is 12.1 Å². The summed E-state index contributed by atoms with van der Waals surface area (Å²) in [5.41, 5.74) is 11.3. The zero-order valence-electron chi connectivity index (χ0n) is 11.6. The molecule has 1 saturated heterocycles. The number of carbonyl (C=O) groups excluding carboxylic acids is 2. The summed E-state index contributed by atoms with van der Waals surface area (Å²) in [5.74, 6) is -0.411. The van der Waals surface area contributed by atoms with Crippen molar-refractivity contribution in [3.8, 4) is 0 Å². The highest BCUT2D eigenvalue weighted by molar-refractivity contribution is 8.00. The molecular weight excluding hydrogens is 290 g/mol. The number of thioether (sulfide) groups is 1. The van der Waals surface area contributed by atoms with E-state index >= 15 is 0 Å². The Kier molecular flexibility index (Phi) is 5.60. The second-order valence-electron chi connectivity index (χ2n) is 4.80. The summed E-state index contributed by atoms with van der Waals surface area (Å²) < 4.78 is 5.56. The van der Waals surface area contributed by atoms with Crippen LogP contribution in [-0.2, 0) is 14.3 Å². The topological polar surface area (TPSA) is 107 Å². The third-order valence-electron chi connectivity index (χ3n) is 3.18. The fourth-order valence-corrected chi connectivity index (χ4v) is 2.88. The third kappa shape index (κ3) is 4.45. The Hall–Kier alpha value is -1.57. The molecule has 2 amide bonds. The van der Waals surface area contributed by atoms with E-state index in [2.05, 4.69) is 5.32 Å². The Morgan fingerprint density at radius 1 is 1.33 bits per heavy atom. The molecular formula is C14H19N3O3S. The molecule has 1 aromatic carbocycles. The fourth-order valence-electron chi connectivity index (χ4n) is 2.13. The number of primary amides is 1. The van der Waals surface area contributed by atoms with Gasteiger partial charge in [-0.15, -0.1) is 11.8 Å². The number of carbonyl (C=O) groups is 2. The maximum Gasteiger partial charge on any atom is 0.253 e. The van der Waals surface area contributed by atoms with Crippen molar-refractivity contribution in [2.24, 2.45) is 11.5 Å². The minimum atomic E-state index is -0.465. The average Bonchev–Trinajstić information content (AvgIpc) is 2.95. The molecule has 0 bridgehead atoms. The van der Waals surface area contributed by atoms with Crippen LogP contribution in [0.25, 0.3) is 0 Å². The van der Waals surface area contributed by atoms with E-state index in [1.54, 1.807) is 6.07 Å². The molecule has 0 aromatic heterocycles. The molecule has 1 aromatic rings. The molecule has 7 heteroatoms. The first-order valence-electron chi connectivity index (χ1n) is 6.76. The lowest BCUT2D eigenvalue weighted by Crippen LogP contribution is -2.30. The molecule has 1 aliphatic heterocycles. The Labute approximate surface area is 127 Å². The Morgan fingerprint density at radius 3 is 2.76 bits per heavy atom. The van der Waals surface area contributed by atoms with E-state index in [1.165, 1.54) is 11.8 Å². The van der Waals surface area contributed by atoms with E-state index in [9.17, 15) is 9.59 Å². The highest BCUT2D eigenvalue weighted by Crippen LogP contribution is 2.28. The molecule has 0 aliphatic carbocycles. The van der Waals surface area contributed by atoms with Crippen molar-refractivity contribution in [2.75, 3.05) is 17.6 Å². The summed E-state index contributed by atoms with van der Waals surface area (Å²) in [6.07, 6.45) is 0.963. The van der Waals surface area contributed by atoms with Crippen LogP contribution in [0.5, 0.6) is 0 Å². The molecule has 1 fully saturated rings. The molecule has 0 spiro atoms. The van der Waals surface area contributed by atoms with E-state index in [1.807, 2.05) is 18.2 Å². The molecule has 1 aliphatic rings. The quantitative estimate of drug-likeness (QED) is 0.671. The molecule has 1 heterocycles. The van der Waals surface area contributed by atoms with Crippen molar-refractivity contribution in [1.82, 2.24) is 0 Å². The largest absolute Gasteiger partial charge is 0.369 e. The minimum Gasteiger partial charge on any atom is -0.369 e. The molecule has 114 valence electrons. The van der Waals surface area contributed by atoms with Crippen LogP contribution >= 0.6 is 11.8 Å². The van der Waals surface area contributed by atoms with Crippen LogP contribution in [0.1, 0.15) is 12.8 Å². The van der Waals surface area contributed by atoms with Gasteiger partial charge in [0.2, 0.25) is 5.91 Å². The van der Waals surface area contributed by atoms with Crippen molar-refractivity contribution >= 4 is 29.3 Å². The summed E-state index contributed by atoms with van der Waals surface area (Å²) in [6.45, 7) is 0.425. The normalized spacial score (nSPS) is 21.2. The number of nitrogens with one attached hydrogen (secondary N) is 1. The molecule has 5 N–H and O–H groups in total. The summed E-state index contributed by atoms with van der Waals surface area (Å²) in [7, 11) is 0. The standard InChI is InChI=1S/C14H19N3O3S/c15-7-9-5-6-11(20-9)14(19)17-10-3-1-2-4-12(10)21-8-13(16)18/h1-4,9,11H,5-8,15H2,(H2,16,18)(H,17,19). The SMILES string of the molecule is NCC1CCC(C(=O)Nc2ccccc2SCC(N)=O)O1. The van der Waals surface area contributed by atoms with Crippen molar-refractivity contribution in [2.45, 2.75) is 29.9 Å². The van der Waals surface area contributed by atoms with Crippen LogP contribution < -0.4 is 16.8 Å². The molecule has 0 saturated carbocycles. The first kappa shape index (κ1) is 15.8. The zero-order valence-corrected chi connectivity index (χ0v) is 12.4. The van der Waals surface area contributed by atoms with Crippen molar-refractivity contribution in [1.29, 1.82) is 0 Å². The number of ether oxygens (including phenoxy) is 1. The second kappa shape index (κ2) is 7.44. The fraction of sp³-hybridized carbons (Fsp3) is 0.429. The Bertz CT molecular complexity index is 524. The monoisotopic (exact) mass is 309 g/mol. The highest BCUT2D eigenvalue weighted by atomic mass is 32.2. The van der Waals surface area contributed by atoms with Crippen LogP contribution in [0.3, 0.4) is 0 Å². The smallest absolute Gasteiger partial charge is 0.253 e. The number of benzene rings is 1. The molecule has 21 heavy (non-hydrogen) atoms. The van der Waals surface area contributed by atoms with Crippen molar-refractivity contribution < 1.29 is 14.3 Å². The van der Waals surface area contributed by atoms with Gasteiger partial charge in [0.1, 0.15) is 6.10 Å². The lowest BCUT2D eigenvalue weighted by Gasteiger charge is -2.14. The predicted octanol–water partition coefficient (Wildman–Crippen LogP) is 0.709. The Morgan fingerprint density at radius 2 is 2.10 bits per heavy atom. The van der Waals surface area contributed by atoms with Gasteiger partial charge in [-0.25, -0.2) is 0 Å². The molecule has 0 radical (unpaired) electrons. The number of para-hydroxylation sites is 1. The van der Waals surface area contributed by atoms with Gasteiger partial charge in [-0.3, -0.25) is 9.59 Å². The molecule has 6 nitrogen and oxygen atoms in total. The van der Waals surface area contributed by atoms with E-state index in [0.29, 0.717) is 18.7 Å².